The van der Waals surface area contributed by atoms with E-state index < -0.39 is 27.1 Å². The lowest BCUT2D eigenvalue weighted by Crippen LogP contribution is -2.34. The summed E-state index contributed by atoms with van der Waals surface area (Å²) < 4.78 is 5.81. The molecule has 1 saturated carbocycles. The number of rotatable bonds is 8. The van der Waals surface area contributed by atoms with Crippen LogP contribution in [-0.2, 0) is 0 Å². The number of non-ortho nitro benzene ring substituents is 2. The van der Waals surface area contributed by atoms with E-state index in [1.54, 1.807) is 24.3 Å². The molecule has 1 fully saturated rings. The number of nitro benzene ring substituents is 2. The van der Waals surface area contributed by atoms with Gasteiger partial charge in [-0.2, -0.15) is 0 Å². The molecule has 1 amide bonds. The summed E-state index contributed by atoms with van der Waals surface area (Å²) in [6.45, 7) is 0.668. The van der Waals surface area contributed by atoms with Crippen LogP contribution in [0.2, 0.25) is 0 Å². The van der Waals surface area contributed by atoms with Crippen molar-refractivity contribution in [1.82, 2.24) is 5.32 Å². The third kappa shape index (κ3) is 7.21. The lowest BCUT2D eigenvalue weighted by atomic mass is 9.87. The third-order valence-corrected chi connectivity index (χ3v) is 5.65. The van der Waals surface area contributed by atoms with Gasteiger partial charge in [0.25, 0.3) is 17.3 Å². The average molecular weight is 473 g/mol. The maximum absolute atomic E-state index is 12.4. The number of ether oxygens (including phenoxy) is 1. The second kappa shape index (κ2) is 11.3. The molecule has 0 aliphatic heterocycles. The Hall–Kier alpha value is -3.60. The highest BCUT2D eigenvalue weighted by Gasteiger charge is 2.20. The minimum Gasteiger partial charge on any atom is -0.494 e. The molecule has 10 nitrogen and oxygen atoms in total. The molecule has 0 saturated heterocycles. The Kier molecular flexibility index (Phi) is 8.25. The van der Waals surface area contributed by atoms with Crippen molar-refractivity contribution < 1.29 is 19.4 Å². The van der Waals surface area contributed by atoms with E-state index in [2.05, 4.69) is 10.6 Å². The predicted octanol–water partition coefficient (Wildman–Crippen LogP) is 4.98. The SMILES string of the molecule is O=C(NC(=S)Nc1ccc(OCCC2CCCCC2)cc1)c1cc([N+](=O)[O-])cc([N+](=O)[O-])c1. The van der Waals surface area contributed by atoms with Crippen LogP contribution in [0.5, 0.6) is 5.75 Å². The van der Waals surface area contributed by atoms with E-state index in [9.17, 15) is 25.0 Å². The van der Waals surface area contributed by atoms with Crippen molar-refractivity contribution in [1.29, 1.82) is 0 Å². The molecule has 0 heterocycles. The number of thiocarbonyl (C=S) groups is 1. The fourth-order valence-corrected chi connectivity index (χ4v) is 3.94. The van der Waals surface area contributed by atoms with E-state index in [1.165, 1.54) is 32.1 Å². The highest BCUT2D eigenvalue weighted by Crippen LogP contribution is 2.27. The van der Waals surface area contributed by atoms with Crippen molar-refractivity contribution in [3.05, 3.63) is 68.3 Å². The van der Waals surface area contributed by atoms with Crippen LogP contribution in [0.15, 0.2) is 42.5 Å². The first-order chi connectivity index (χ1) is 15.8. The number of hydrogen-bond donors (Lipinski definition) is 2. The molecular formula is C22H24N4O6S. The van der Waals surface area contributed by atoms with E-state index in [1.807, 2.05) is 0 Å². The van der Waals surface area contributed by atoms with Crippen LogP contribution in [0.1, 0.15) is 48.9 Å². The Morgan fingerprint density at radius 1 is 1.00 bits per heavy atom. The van der Waals surface area contributed by atoms with Crippen LogP contribution < -0.4 is 15.4 Å². The Morgan fingerprint density at radius 2 is 1.61 bits per heavy atom. The van der Waals surface area contributed by atoms with E-state index >= 15 is 0 Å². The Bertz CT molecular complexity index is 1010. The first kappa shape index (κ1) is 24.1. The highest BCUT2D eigenvalue weighted by atomic mass is 32.1. The molecule has 0 aromatic heterocycles. The Morgan fingerprint density at radius 3 is 2.18 bits per heavy atom. The first-order valence-corrected chi connectivity index (χ1v) is 11.0. The highest BCUT2D eigenvalue weighted by molar-refractivity contribution is 7.80. The average Bonchev–Trinajstić information content (AvgIpc) is 2.80. The molecular weight excluding hydrogens is 448 g/mol. The molecule has 1 aliphatic rings. The second-order valence-corrected chi connectivity index (χ2v) is 8.23. The van der Waals surface area contributed by atoms with E-state index in [0.29, 0.717) is 12.3 Å². The number of carbonyl (C=O) groups is 1. The summed E-state index contributed by atoms with van der Waals surface area (Å²) in [4.78, 5) is 32.8. The fraction of sp³-hybridized carbons (Fsp3) is 0.364. The number of benzene rings is 2. The van der Waals surface area contributed by atoms with Gasteiger partial charge in [-0.05, 0) is 48.8 Å². The van der Waals surface area contributed by atoms with E-state index in [4.69, 9.17) is 17.0 Å². The molecule has 0 spiro atoms. The van der Waals surface area contributed by atoms with Crippen molar-refractivity contribution in [2.75, 3.05) is 11.9 Å². The number of amides is 1. The maximum Gasteiger partial charge on any atom is 0.277 e. The predicted molar refractivity (Wildman–Crippen MR) is 127 cm³/mol. The van der Waals surface area contributed by atoms with Crippen LogP contribution in [-0.4, -0.2) is 27.5 Å². The van der Waals surface area contributed by atoms with Crippen LogP contribution in [0, 0.1) is 26.1 Å². The van der Waals surface area contributed by atoms with Crippen LogP contribution in [0.25, 0.3) is 0 Å². The van der Waals surface area contributed by atoms with Gasteiger partial charge < -0.3 is 10.1 Å². The molecule has 2 aromatic rings. The van der Waals surface area contributed by atoms with Gasteiger partial charge >= 0.3 is 0 Å². The number of nitrogens with zero attached hydrogens (tertiary/aromatic N) is 2. The number of nitrogens with one attached hydrogen (secondary N) is 2. The quantitative estimate of drug-likeness (QED) is 0.312. The topological polar surface area (TPSA) is 137 Å². The van der Waals surface area contributed by atoms with Gasteiger partial charge in [-0.15, -0.1) is 0 Å². The van der Waals surface area contributed by atoms with Crippen molar-refractivity contribution in [2.45, 2.75) is 38.5 Å². The smallest absolute Gasteiger partial charge is 0.277 e. The zero-order valence-corrected chi connectivity index (χ0v) is 18.6. The monoisotopic (exact) mass is 472 g/mol. The summed E-state index contributed by atoms with van der Waals surface area (Å²) in [5.74, 6) is 0.672. The summed E-state index contributed by atoms with van der Waals surface area (Å²) in [7, 11) is 0. The first-order valence-electron chi connectivity index (χ1n) is 10.6. The van der Waals surface area contributed by atoms with Gasteiger partial charge in [-0.3, -0.25) is 30.3 Å². The van der Waals surface area contributed by atoms with Gasteiger partial charge in [-0.25, -0.2) is 0 Å². The number of nitro groups is 2. The molecule has 0 atom stereocenters. The maximum atomic E-state index is 12.4. The molecule has 3 rings (SSSR count). The molecule has 0 bridgehead atoms. The van der Waals surface area contributed by atoms with Crippen LogP contribution in [0.3, 0.4) is 0 Å². The van der Waals surface area contributed by atoms with Gasteiger partial charge in [0.2, 0.25) is 0 Å². The zero-order chi connectivity index (χ0) is 23.8. The lowest BCUT2D eigenvalue weighted by molar-refractivity contribution is -0.394. The van der Waals surface area contributed by atoms with E-state index in [-0.39, 0.29) is 10.7 Å². The lowest BCUT2D eigenvalue weighted by Gasteiger charge is -2.21. The molecule has 0 radical (unpaired) electrons. The summed E-state index contributed by atoms with van der Waals surface area (Å²) in [5.41, 5.74) is -0.772. The second-order valence-electron chi connectivity index (χ2n) is 7.83. The summed E-state index contributed by atoms with van der Waals surface area (Å²) in [6, 6.07) is 9.75. The van der Waals surface area contributed by atoms with Crippen molar-refractivity contribution in [3.63, 3.8) is 0 Å². The van der Waals surface area contributed by atoms with Gasteiger partial charge in [-0.1, -0.05) is 32.1 Å². The van der Waals surface area contributed by atoms with Crippen molar-refractivity contribution in [3.8, 4) is 5.75 Å². The summed E-state index contributed by atoms with van der Waals surface area (Å²) in [5, 5.41) is 27.1. The van der Waals surface area contributed by atoms with E-state index in [0.717, 1.165) is 36.3 Å². The van der Waals surface area contributed by atoms with Crippen molar-refractivity contribution in [2.24, 2.45) is 5.92 Å². The normalized spacial score (nSPS) is 13.7. The number of hydrogen-bond acceptors (Lipinski definition) is 7. The minimum atomic E-state index is -0.806. The van der Waals surface area contributed by atoms with Crippen LogP contribution in [0.4, 0.5) is 17.1 Å². The zero-order valence-electron chi connectivity index (χ0n) is 17.8. The number of anilines is 1. The Labute approximate surface area is 195 Å². The fourth-order valence-electron chi connectivity index (χ4n) is 3.73. The molecule has 174 valence electrons. The Balaban J connectivity index is 1.52. The van der Waals surface area contributed by atoms with Gasteiger partial charge in [0.1, 0.15) is 5.75 Å². The molecule has 2 aromatic carbocycles. The molecule has 0 unspecified atom stereocenters. The third-order valence-electron chi connectivity index (χ3n) is 5.45. The minimum absolute atomic E-state index is 0.0554. The van der Waals surface area contributed by atoms with Gasteiger partial charge in [0, 0.05) is 17.8 Å². The summed E-state index contributed by atoms with van der Waals surface area (Å²) >= 11 is 5.11. The van der Waals surface area contributed by atoms with Crippen molar-refractivity contribution >= 4 is 40.3 Å². The summed E-state index contributed by atoms with van der Waals surface area (Å²) in [6.07, 6.45) is 7.54. The van der Waals surface area contributed by atoms with Crippen LogP contribution >= 0.6 is 12.2 Å². The van der Waals surface area contributed by atoms with Gasteiger partial charge in [0.15, 0.2) is 5.11 Å². The molecule has 33 heavy (non-hydrogen) atoms. The molecule has 2 N–H and O–H groups in total. The van der Waals surface area contributed by atoms with Gasteiger partial charge in [0.05, 0.1) is 28.1 Å². The molecule has 11 heteroatoms. The standard InChI is InChI=1S/C22H24N4O6S/c27-21(16-12-18(25(28)29)14-19(13-16)26(30)31)24-22(33)23-17-6-8-20(9-7-17)32-11-10-15-4-2-1-3-5-15/h6-9,12-15H,1-5,10-11H2,(H2,23,24,27,33). The number of carbonyl (C=O) groups excluding carboxylic acids is 1. The molecule has 1 aliphatic carbocycles. The largest absolute Gasteiger partial charge is 0.494 e.